The predicted octanol–water partition coefficient (Wildman–Crippen LogP) is 10.0. The van der Waals surface area contributed by atoms with Gasteiger partial charge in [-0.1, -0.05) is 109 Å². The first-order valence-corrected chi connectivity index (χ1v) is 24.3. The van der Waals surface area contributed by atoms with Gasteiger partial charge in [0.05, 0.1) is 40.5 Å². The summed E-state index contributed by atoms with van der Waals surface area (Å²) >= 11 is 0. The lowest BCUT2D eigenvalue weighted by Crippen LogP contribution is -2.64. The number of hydrogen-bond donors (Lipinski definition) is 0. The van der Waals surface area contributed by atoms with Crippen molar-refractivity contribution in [2.45, 2.75) is 30.7 Å². The predicted molar refractivity (Wildman–Crippen MR) is 279 cm³/mol. The first-order valence-electron chi connectivity index (χ1n) is 24.3. The Morgan fingerprint density at radius 2 is 0.769 bits per heavy atom. The number of ether oxygens (including phenoxy) is 9. The molecule has 1 saturated heterocycles. The van der Waals surface area contributed by atoms with Gasteiger partial charge in [0.25, 0.3) is 0 Å². The molecule has 78 heavy (non-hydrogen) atoms. The van der Waals surface area contributed by atoms with E-state index < -0.39 is 90.2 Å². The molecule has 5 atom stereocenters. The molecule has 16 heteroatoms. The van der Waals surface area contributed by atoms with Crippen LogP contribution in [0.25, 0.3) is 0 Å². The number of esters is 6. The highest BCUT2D eigenvalue weighted by molar-refractivity contribution is 6.13. The zero-order chi connectivity index (χ0) is 54.4. The van der Waals surface area contributed by atoms with Crippen molar-refractivity contribution < 1.29 is 76.2 Å². The topological polar surface area (TPSA) is 203 Å². The van der Waals surface area contributed by atoms with Gasteiger partial charge in [-0.05, 0) is 97.1 Å². The largest absolute Gasteiger partial charge is 0.496 e. The molecular weight excluding hydrogens is 1000 g/mol. The second-order valence-corrected chi connectivity index (χ2v) is 17.2. The van der Waals surface area contributed by atoms with Crippen molar-refractivity contribution in [1.29, 1.82) is 0 Å². The number of rotatable bonds is 18. The van der Waals surface area contributed by atoms with E-state index in [1.165, 1.54) is 104 Å². The van der Waals surface area contributed by atoms with Gasteiger partial charge in [-0.3, -0.25) is 4.79 Å². The molecule has 0 saturated carbocycles. The van der Waals surface area contributed by atoms with Gasteiger partial charge in [0.1, 0.15) is 41.3 Å². The standard InChI is InChI=1S/C62H46O16/c1-70-47-36-48(73-58(66)42-24-12-4-13-25-42)51(52(63)39-32-34-46(35-33-39)72-57(65)41-22-10-3-11-23-41)49(37-47)74-62-55(78-61(69)45-30-18-7-19-31-45)54(77-60(68)44-28-16-6-17-29-44)53(76-59(67)43-26-14-5-15-27-43)50(75-62)38-71-56(64)40-20-8-2-9-21-40/h2-37,50,53-55,62H,38H2,1H3/t50-,53-,54+,55-,62-/m1/s1. The van der Waals surface area contributed by atoms with Crippen molar-refractivity contribution >= 4 is 41.6 Å². The molecule has 8 aromatic carbocycles. The summed E-state index contributed by atoms with van der Waals surface area (Å²) in [7, 11) is 1.31. The Hall–Kier alpha value is -10.2. The van der Waals surface area contributed by atoms with Gasteiger partial charge in [0.15, 0.2) is 12.2 Å². The van der Waals surface area contributed by atoms with E-state index in [1.54, 1.807) is 121 Å². The van der Waals surface area contributed by atoms with E-state index in [2.05, 4.69) is 0 Å². The highest BCUT2D eigenvalue weighted by Crippen LogP contribution is 2.40. The summed E-state index contributed by atoms with van der Waals surface area (Å²) in [5, 5.41) is 0. The fourth-order valence-corrected chi connectivity index (χ4v) is 8.12. The van der Waals surface area contributed by atoms with E-state index in [9.17, 15) is 28.8 Å². The molecule has 0 amide bonds. The maximum absolute atomic E-state index is 15.2. The van der Waals surface area contributed by atoms with Crippen LogP contribution in [0.2, 0.25) is 0 Å². The smallest absolute Gasteiger partial charge is 0.343 e. The average Bonchev–Trinajstić information content (AvgIpc) is 3.57. The molecular formula is C62H46O16. The van der Waals surface area contributed by atoms with Crippen molar-refractivity contribution in [1.82, 2.24) is 0 Å². The van der Waals surface area contributed by atoms with E-state index in [-0.39, 0.29) is 56.2 Å². The first kappa shape index (κ1) is 52.7. The van der Waals surface area contributed by atoms with Crippen LogP contribution in [-0.2, 0) is 23.7 Å². The lowest BCUT2D eigenvalue weighted by atomic mass is 9.97. The van der Waals surface area contributed by atoms with Crippen LogP contribution in [0.1, 0.15) is 78.1 Å². The fourth-order valence-electron chi connectivity index (χ4n) is 8.12. The number of ketones is 1. The molecule has 0 radical (unpaired) electrons. The van der Waals surface area contributed by atoms with Gasteiger partial charge in [-0.2, -0.15) is 0 Å². The van der Waals surface area contributed by atoms with E-state index in [1.807, 2.05) is 0 Å². The van der Waals surface area contributed by atoms with E-state index in [0.717, 1.165) is 0 Å². The highest BCUT2D eigenvalue weighted by Gasteiger charge is 2.54. The summed E-state index contributed by atoms with van der Waals surface area (Å²) in [6.07, 6.45) is -9.03. The molecule has 1 fully saturated rings. The normalized spacial score (nSPS) is 16.5. The van der Waals surface area contributed by atoms with Gasteiger partial charge in [0.2, 0.25) is 18.2 Å². The van der Waals surface area contributed by atoms with Crippen LogP contribution in [0.15, 0.2) is 218 Å². The minimum Gasteiger partial charge on any atom is -0.496 e. The van der Waals surface area contributed by atoms with E-state index >= 15 is 4.79 Å². The molecule has 0 unspecified atom stereocenters. The fraction of sp³-hybridized carbons (Fsp3) is 0.113. The molecule has 1 aliphatic heterocycles. The van der Waals surface area contributed by atoms with Gasteiger partial charge < -0.3 is 42.6 Å². The lowest BCUT2D eigenvalue weighted by molar-refractivity contribution is -0.275. The van der Waals surface area contributed by atoms with Crippen molar-refractivity contribution in [3.63, 3.8) is 0 Å². The number of carbonyl (C=O) groups excluding carboxylic acids is 7. The maximum Gasteiger partial charge on any atom is 0.343 e. The van der Waals surface area contributed by atoms with Crippen molar-refractivity contribution in [3.8, 4) is 23.0 Å². The Morgan fingerprint density at radius 3 is 1.22 bits per heavy atom. The van der Waals surface area contributed by atoms with E-state index in [4.69, 9.17) is 42.6 Å². The molecule has 16 nitrogen and oxygen atoms in total. The Bertz CT molecular complexity index is 3390. The van der Waals surface area contributed by atoms with Gasteiger partial charge in [-0.25, -0.2) is 28.8 Å². The van der Waals surface area contributed by atoms with E-state index in [0.29, 0.717) is 0 Å². The van der Waals surface area contributed by atoms with Crippen LogP contribution in [-0.4, -0.2) is 86.0 Å². The molecule has 0 N–H and O–H groups in total. The molecule has 0 aromatic heterocycles. The minimum atomic E-state index is -1.96. The maximum atomic E-state index is 15.2. The molecule has 9 rings (SSSR count). The van der Waals surface area contributed by atoms with Gasteiger partial charge in [0, 0.05) is 17.7 Å². The Kier molecular flexibility index (Phi) is 16.8. The third-order valence-electron chi connectivity index (χ3n) is 12.0. The molecule has 0 bridgehead atoms. The summed E-state index contributed by atoms with van der Waals surface area (Å²) in [4.78, 5) is 98.5. The summed E-state index contributed by atoms with van der Waals surface area (Å²) in [5.41, 5.74) is 0.282. The summed E-state index contributed by atoms with van der Waals surface area (Å²) < 4.78 is 55.0. The average molecular weight is 1050 g/mol. The second kappa shape index (κ2) is 24.9. The van der Waals surface area contributed by atoms with Crippen LogP contribution in [0.4, 0.5) is 0 Å². The van der Waals surface area contributed by atoms with Crippen molar-refractivity contribution in [2.75, 3.05) is 13.7 Å². The Morgan fingerprint density at radius 1 is 0.385 bits per heavy atom. The Labute approximate surface area is 446 Å². The van der Waals surface area contributed by atoms with Crippen molar-refractivity contribution in [3.05, 3.63) is 263 Å². The van der Waals surface area contributed by atoms with Gasteiger partial charge in [-0.15, -0.1) is 0 Å². The lowest BCUT2D eigenvalue weighted by Gasteiger charge is -2.44. The van der Waals surface area contributed by atoms with Crippen LogP contribution in [0, 0.1) is 0 Å². The summed E-state index contributed by atoms with van der Waals surface area (Å²) in [6.45, 7) is -0.690. The summed E-state index contributed by atoms with van der Waals surface area (Å²) in [6, 6.07) is 55.7. The third kappa shape index (κ3) is 12.8. The summed E-state index contributed by atoms with van der Waals surface area (Å²) in [5.74, 6) is -6.71. The zero-order valence-corrected chi connectivity index (χ0v) is 41.4. The zero-order valence-electron chi connectivity index (χ0n) is 41.4. The number of carbonyl (C=O) groups is 7. The second-order valence-electron chi connectivity index (χ2n) is 17.2. The van der Waals surface area contributed by atoms with Crippen LogP contribution in [0.3, 0.4) is 0 Å². The Balaban J connectivity index is 1.18. The number of methoxy groups -OCH3 is 1. The number of benzene rings is 8. The van der Waals surface area contributed by atoms with Crippen LogP contribution < -0.4 is 18.9 Å². The van der Waals surface area contributed by atoms with Crippen LogP contribution in [0.5, 0.6) is 23.0 Å². The SMILES string of the molecule is COc1cc(OC(=O)c2ccccc2)c(C(=O)c2ccc(OC(=O)c3ccccc3)cc2)c(O[C@@H]2O[C@H](COC(=O)c3ccccc3)[C@@H](OC(=O)c3ccccc3)[C@H](OC(=O)c3ccccc3)[C@H]2OC(=O)c2ccccc2)c1. The molecule has 1 heterocycles. The number of hydrogen-bond acceptors (Lipinski definition) is 16. The molecule has 390 valence electrons. The van der Waals surface area contributed by atoms with Crippen molar-refractivity contribution in [2.24, 2.45) is 0 Å². The third-order valence-corrected chi connectivity index (χ3v) is 12.0. The molecule has 0 aliphatic carbocycles. The molecule has 0 spiro atoms. The molecule has 8 aromatic rings. The monoisotopic (exact) mass is 1050 g/mol. The highest BCUT2D eigenvalue weighted by atomic mass is 16.7. The quantitative estimate of drug-likeness (QED) is 0.0340. The first-order chi connectivity index (χ1) is 38.0. The molecule has 1 aliphatic rings. The van der Waals surface area contributed by atoms with Crippen LogP contribution >= 0.6 is 0 Å². The van der Waals surface area contributed by atoms with Gasteiger partial charge >= 0.3 is 35.8 Å². The minimum absolute atomic E-state index is 0.00992.